The van der Waals surface area contributed by atoms with Crippen LogP contribution in [-0.4, -0.2) is 9.78 Å². The van der Waals surface area contributed by atoms with Crippen molar-refractivity contribution in [3.8, 4) is 11.3 Å². The predicted octanol–water partition coefficient (Wildman–Crippen LogP) is 2.17. The lowest BCUT2D eigenvalue weighted by Crippen LogP contribution is -2.01. The molecule has 2 aromatic rings. The van der Waals surface area contributed by atoms with Crippen molar-refractivity contribution in [2.75, 3.05) is 0 Å². The summed E-state index contributed by atoms with van der Waals surface area (Å²) < 4.78 is 15.6. The summed E-state index contributed by atoms with van der Waals surface area (Å²) in [4.78, 5) is 0. The first kappa shape index (κ1) is 10.8. The predicted molar refractivity (Wildman–Crippen MR) is 61.2 cm³/mol. The van der Waals surface area contributed by atoms with E-state index in [1.807, 2.05) is 19.1 Å². The average Bonchev–Trinajstić information content (AvgIpc) is 2.76. The van der Waals surface area contributed by atoms with Crippen molar-refractivity contribution in [2.24, 2.45) is 5.73 Å². The quantitative estimate of drug-likeness (QED) is 0.859. The molecule has 0 fully saturated rings. The summed E-state index contributed by atoms with van der Waals surface area (Å²) in [6, 6.07) is 6.87. The van der Waals surface area contributed by atoms with Crippen LogP contribution in [0.4, 0.5) is 4.39 Å². The summed E-state index contributed by atoms with van der Waals surface area (Å²) in [5, 5.41) is 4.12. The lowest BCUT2D eigenvalue weighted by molar-refractivity contribution is 0.619. The van der Waals surface area contributed by atoms with Crippen LogP contribution in [0.2, 0.25) is 0 Å². The van der Waals surface area contributed by atoms with Gasteiger partial charge in [0.2, 0.25) is 0 Å². The van der Waals surface area contributed by atoms with E-state index in [0.29, 0.717) is 12.1 Å². The van der Waals surface area contributed by atoms with Gasteiger partial charge in [-0.15, -0.1) is 0 Å². The van der Waals surface area contributed by atoms with Crippen molar-refractivity contribution in [1.82, 2.24) is 9.78 Å². The van der Waals surface area contributed by atoms with E-state index in [4.69, 9.17) is 5.73 Å². The van der Waals surface area contributed by atoms with E-state index >= 15 is 0 Å². The van der Waals surface area contributed by atoms with Gasteiger partial charge in [0.15, 0.2) is 0 Å². The fourth-order valence-electron chi connectivity index (χ4n) is 1.71. The molecule has 1 aromatic heterocycles. The SMILES string of the molecule is CCn1nccc1-c1ccc(CN)cc1F. The fourth-order valence-corrected chi connectivity index (χ4v) is 1.71. The number of nitrogens with two attached hydrogens (primary N) is 1. The highest BCUT2D eigenvalue weighted by atomic mass is 19.1. The van der Waals surface area contributed by atoms with E-state index < -0.39 is 0 Å². The van der Waals surface area contributed by atoms with Gasteiger partial charge >= 0.3 is 0 Å². The highest BCUT2D eigenvalue weighted by molar-refractivity contribution is 5.60. The molecule has 2 rings (SSSR count). The van der Waals surface area contributed by atoms with Crippen molar-refractivity contribution < 1.29 is 4.39 Å². The van der Waals surface area contributed by atoms with Crippen molar-refractivity contribution >= 4 is 0 Å². The van der Waals surface area contributed by atoms with Gasteiger partial charge in [-0.3, -0.25) is 4.68 Å². The zero-order valence-corrected chi connectivity index (χ0v) is 9.15. The molecule has 0 saturated carbocycles. The molecular formula is C12H14FN3. The standard InChI is InChI=1S/C12H14FN3/c1-2-16-12(5-6-15-16)10-4-3-9(8-14)7-11(10)13/h3-7H,2,8,14H2,1H3. The smallest absolute Gasteiger partial charge is 0.132 e. The molecule has 0 unspecified atom stereocenters. The van der Waals surface area contributed by atoms with Crippen LogP contribution in [0.3, 0.4) is 0 Å². The zero-order chi connectivity index (χ0) is 11.5. The third-order valence-electron chi connectivity index (χ3n) is 2.56. The van der Waals surface area contributed by atoms with Crippen molar-refractivity contribution in [3.05, 3.63) is 41.8 Å². The Kier molecular flexibility index (Phi) is 3.01. The van der Waals surface area contributed by atoms with Crippen molar-refractivity contribution in [2.45, 2.75) is 20.0 Å². The Bertz CT molecular complexity index is 491. The molecule has 0 aliphatic carbocycles. The number of nitrogens with zero attached hydrogens (tertiary/aromatic N) is 2. The maximum Gasteiger partial charge on any atom is 0.132 e. The van der Waals surface area contributed by atoms with E-state index in [-0.39, 0.29) is 5.82 Å². The number of aromatic nitrogens is 2. The first-order valence-corrected chi connectivity index (χ1v) is 5.27. The number of halogens is 1. The average molecular weight is 219 g/mol. The van der Waals surface area contributed by atoms with Gasteiger partial charge in [0.1, 0.15) is 5.82 Å². The molecule has 0 bridgehead atoms. The van der Waals surface area contributed by atoms with Gasteiger partial charge in [-0.2, -0.15) is 5.10 Å². The molecule has 0 aliphatic heterocycles. The summed E-state index contributed by atoms with van der Waals surface area (Å²) in [5.41, 5.74) is 7.62. The van der Waals surface area contributed by atoms with Crippen LogP contribution in [0.5, 0.6) is 0 Å². The third kappa shape index (κ3) is 1.84. The van der Waals surface area contributed by atoms with Gasteiger partial charge in [-0.25, -0.2) is 4.39 Å². The van der Waals surface area contributed by atoms with E-state index in [1.54, 1.807) is 16.9 Å². The molecule has 0 aliphatic rings. The van der Waals surface area contributed by atoms with Crippen LogP contribution in [0.15, 0.2) is 30.5 Å². The molecule has 1 heterocycles. The number of hydrogen-bond donors (Lipinski definition) is 1. The first-order valence-electron chi connectivity index (χ1n) is 5.27. The molecule has 0 atom stereocenters. The Balaban J connectivity index is 2.48. The lowest BCUT2D eigenvalue weighted by Gasteiger charge is -2.07. The molecule has 4 heteroatoms. The van der Waals surface area contributed by atoms with Gasteiger partial charge in [-0.05, 0) is 30.7 Å². The molecular weight excluding hydrogens is 205 g/mol. The van der Waals surface area contributed by atoms with Gasteiger partial charge in [-0.1, -0.05) is 6.07 Å². The Morgan fingerprint density at radius 1 is 1.38 bits per heavy atom. The molecule has 0 saturated heterocycles. The largest absolute Gasteiger partial charge is 0.326 e. The van der Waals surface area contributed by atoms with E-state index in [2.05, 4.69) is 5.10 Å². The highest BCUT2D eigenvalue weighted by Gasteiger charge is 2.09. The van der Waals surface area contributed by atoms with Crippen LogP contribution in [0, 0.1) is 5.82 Å². The minimum Gasteiger partial charge on any atom is -0.326 e. The molecule has 0 amide bonds. The van der Waals surface area contributed by atoms with Crippen molar-refractivity contribution in [3.63, 3.8) is 0 Å². The number of rotatable bonds is 3. The summed E-state index contributed by atoms with van der Waals surface area (Å²) in [7, 11) is 0. The molecule has 2 N–H and O–H groups in total. The second-order valence-corrected chi connectivity index (χ2v) is 3.55. The second-order valence-electron chi connectivity index (χ2n) is 3.55. The normalized spacial score (nSPS) is 10.7. The number of benzene rings is 1. The number of hydrogen-bond acceptors (Lipinski definition) is 2. The van der Waals surface area contributed by atoms with Crippen LogP contribution in [0.1, 0.15) is 12.5 Å². The first-order chi connectivity index (χ1) is 7.76. The van der Waals surface area contributed by atoms with Crippen LogP contribution in [-0.2, 0) is 13.1 Å². The summed E-state index contributed by atoms with van der Waals surface area (Å²) in [5.74, 6) is -0.252. The van der Waals surface area contributed by atoms with Crippen LogP contribution in [0.25, 0.3) is 11.3 Å². The summed E-state index contributed by atoms with van der Waals surface area (Å²) >= 11 is 0. The van der Waals surface area contributed by atoms with Gasteiger partial charge in [0, 0.05) is 24.8 Å². The van der Waals surface area contributed by atoms with E-state index in [0.717, 1.165) is 17.8 Å². The van der Waals surface area contributed by atoms with Crippen LogP contribution >= 0.6 is 0 Å². The maximum absolute atomic E-state index is 13.8. The number of aryl methyl sites for hydroxylation is 1. The Morgan fingerprint density at radius 3 is 2.81 bits per heavy atom. The monoisotopic (exact) mass is 219 g/mol. The minimum absolute atomic E-state index is 0.252. The van der Waals surface area contributed by atoms with E-state index in [1.165, 1.54) is 6.07 Å². The Hall–Kier alpha value is -1.68. The van der Waals surface area contributed by atoms with E-state index in [9.17, 15) is 4.39 Å². The maximum atomic E-state index is 13.8. The Morgan fingerprint density at radius 2 is 2.19 bits per heavy atom. The molecule has 84 valence electrons. The zero-order valence-electron chi connectivity index (χ0n) is 9.15. The summed E-state index contributed by atoms with van der Waals surface area (Å²) in [6.07, 6.45) is 1.68. The van der Waals surface area contributed by atoms with Gasteiger partial charge < -0.3 is 5.73 Å². The molecule has 3 nitrogen and oxygen atoms in total. The molecule has 0 spiro atoms. The Labute approximate surface area is 93.7 Å². The highest BCUT2D eigenvalue weighted by Crippen LogP contribution is 2.23. The van der Waals surface area contributed by atoms with Gasteiger partial charge in [0.05, 0.1) is 5.69 Å². The van der Waals surface area contributed by atoms with Gasteiger partial charge in [0.25, 0.3) is 0 Å². The molecule has 1 aromatic carbocycles. The second kappa shape index (κ2) is 4.45. The molecule has 0 radical (unpaired) electrons. The topological polar surface area (TPSA) is 43.8 Å². The third-order valence-corrected chi connectivity index (χ3v) is 2.56. The van der Waals surface area contributed by atoms with Crippen LogP contribution < -0.4 is 5.73 Å². The minimum atomic E-state index is -0.252. The fraction of sp³-hybridized carbons (Fsp3) is 0.250. The summed E-state index contributed by atoms with van der Waals surface area (Å²) in [6.45, 7) is 3.05. The molecule has 16 heavy (non-hydrogen) atoms. The van der Waals surface area contributed by atoms with Crippen molar-refractivity contribution in [1.29, 1.82) is 0 Å². The lowest BCUT2D eigenvalue weighted by atomic mass is 10.1.